The van der Waals surface area contributed by atoms with Gasteiger partial charge in [0.25, 0.3) is 0 Å². The molecule has 2 N–H and O–H groups in total. The first-order valence-electron chi connectivity index (χ1n) is 2.57. The molecule has 0 unspecified atom stereocenters. The summed E-state index contributed by atoms with van der Waals surface area (Å²) in [6.45, 7) is 0. The molecule has 2 radical (unpaired) electrons. The van der Waals surface area contributed by atoms with Crippen LogP contribution in [0.4, 0.5) is 5.82 Å². The number of carbonyl (C=O) groups is 1. The molecule has 0 atom stereocenters. The first kappa shape index (κ1) is 6.73. The summed E-state index contributed by atoms with van der Waals surface area (Å²) < 4.78 is 0. The number of hydrogen-bond donors (Lipinski definition) is 1. The molecule has 0 bridgehead atoms. The minimum atomic E-state index is 0.0648. The Morgan fingerprint density at radius 2 is 2.40 bits per heavy atom. The van der Waals surface area contributed by atoms with Crippen molar-refractivity contribution >= 4 is 25.5 Å². The summed E-state index contributed by atoms with van der Waals surface area (Å²) in [5.41, 5.74) is 5.58. The largest absolute Gasteiger partial charge is 0.382 e. The van der Waals surface area contributed by atoms with E-state index in [1.165, 1.54) is 6.20 Å². The first-order valence-corrected chi connectivity index (χ1v) is 2.57. The van der Waals surface area contributed by atoms with Crippen LogP contribution in [0, 0.1) is 0 Å². The molecule has 1 rings (SSSR count). The highest BCUT2D eigenvalue weighted by Crippen LogP contribution is 1.95. The Kier molecular flexibility index (Phi) is 1.66. The van der Waals surface area contributed by atoms with E-state index in [0.29, 0.717) is 6.29 Å². The molecule has 10 heavy (non-hydrogen) atoms. The fourth-order valence-electron chi connectivity index (χ4n) is 0.518. The van der Waals surface area contributed by atoms with E-state index in [-0.39, 0.29) is 17.1 Å². The molecule has 0 amide bonds. The SMILES string of the molecule is [B]c1cnc(C=O)c(N)n1. The van der Waals surface area contributed by atoms with Gasteiger partial charge in [0.1, 0.15) is 13.5 Å². The molecule has 0 aliphatic carbocycles. The van der Waals surface area contributed by atoms with Crippen LogP contribution in [0.1, 0.15) is 10.5 Å². The zero-order valence-corrected chi connectivity index (χ0v) is 5.11. The summed E-state index contributed by atoms with van der Waals surface area (Å²) in [6, 6.07) is 0. The van der Waals surface area contributed by atoms with Gasteiger partial charge >= 0.3 is 0 Å². The van der Waals surface area contributed by atoms with Gasteiger partial charge in [0.2, 0.25) is 0 Å². The molecular weight excluding hydrogens is 129 g/mol. The standard InChI is InChI=1S/C5H4BN3O/c6-4-1-8-3(2-10)5(7)9-4/h1-2H,(H2,7,9). The van der Waals surface area contributed by atoms with Crippen molar-refractivity contribution in [1.82, 2.24) is 9.97 Å². The summed E-state index contributed by atoms with van der Waals surface area (Å²) >= 11 is 0. The minimum absolute atomic E-state index is 0.0648. The van der Waals surface area contributed by atoms with Crippen molar-refractivity contribution in [3.05, 3.63) is 11.9 Å². The lowest BCUT2D eigenvalue weighted by Crippen LogP contribution is -2.13. The molecule has 0 saturated heterocycles. The lowest BCUT2D eigenvalue weighted by atomic mass is 10.1. The molecule has 0 saturated carbocycles. The van der Waals surface area contributed by atoms with Crippen molar-refractivity contribution in [2.24, 2.45) is 0 Å². The number of rotatable bonds is 1. The second-order valence-electron chi connectivity index (χ2n) is 1.68. The smallest absolute Gasteiger partial charge is 0.172 e. The number of nitrogens with two attached hydrogens (primary N) is 1. The molecule has 1 heterocycles. The molecule has 1 aromatic rings. The number of hydrogen-bond acceptors (Lipinski definition) is 4. The van der Waals surface area contributed by atoms with Crippen LogP contribution in [0.2, 0.25) is 0 Å². The van der Waals surface area contributed by atoms with Gasteiger partial charge in [-0.1, -0.05) is 0 Å². The maximum atomic E-state index is 10.1. The van der Waals surface area contributed by atoms with Gasteiger partial charge in [0.15, 0.2) is 12.1 Å². The Labute approximate surface area is 58.9 Å². The molecule has 0 aliphatic heterocycles. The van der Waals surface area contributed by atoms with Crippen LogP contribution in [0.25, 0.3) is 0 Å². The van der Waals surface area contributed by atoms with Crippen LogP contribution in [0.3, 0.4) is 0 Å². The quantitative estimate of drug-likeness (QED) is 0.380. The van der Waals surface area contributed by atoms with Crippen LogP contribution in [0.5, 0.6) is 0 Å². The highest BCUT2D eigenvalue weighted by Gasteiger charge is 1.98. The van der Waals surface area contributed by atoms with Crippen LogP contribution in [-0.2, 0) is 0 Å². The van der Waals surface area contributed by atoms with Crippen LogP contribution in [0.15, 0.2) is 6.20 Å². The van der Waals surface area contributed by atoms with Crippen LogP contribution in [-0.4, -0.2) is 24.1 Å². The molecule has 4 nitrogen and oxygen atoms in total. The monoisotopic (exact) mass is 133 g/mol. The van der Waals surface area contributed by atoms with Gasteiger partial charge in [-0.3, -0.25) is 4.79 Å². The number of nitrogen functional groups attached to an aromatic ring is 1. The number of anilines is 1. The van der Waals surface area contributed by atoms with Gasteiger partial charge in [0.05, 0.1) is 0 Å². The third kappa shape index (κ3) is 1.13. The Balaban J connectivity index is 3.19. The normalized spacial score (nSPS) is 9.20. The van der Waals surface area contributed by atoms with Crippen LogP contribution >= 0.6 is 0 Å². The lowest BCUT2D eigenvalue weighted by molar-refractivity contribution is 0.111. The lowest BCUT2D eigenvalue weighted by Gasteiger charge is -1.95. The van der Waals surface area contributed by atoms with Gasteiger partial charge in [-0.25, -0.2) is 9.97 Å². The number of carbonyl (C=O) groups excluding carboxylic acids is 1. The van der Waals surface area contributed by atoms with E-state index in [1.54, 1.807) is 0 Å². The number of nitrogens with zero attached hydrogens (tertiary/aromatic N) is 2. The predicted octanol–water partition coefficient (Wildman–Crippen LogP) is -1.33. The molecule has 5 heteroatoms. The van der Waals surface area contributed by atoms with E-state index in [0.717, 1.165) is 0 Å². The summed E-state index contributed by atoms with van der Waals surface area (Å²) in [6.07, 6.45) is 1.81. The van der Waals surface area contributed by atoms with Crippen molar-refractivity contribution in [3.8, 4) is 0 Å². The molecule has 48 valence electrons. The van der Waals surface area contributed by atoms with Crippen LogP contribution < -0.4 is 11.3 Å². The summed E-state index contributed by atoms with van der Waals surface area (Å²) in [4.78, 5) is 17.3. The highest BCUT2D eigenvalue weighted by molar-refractivity contribution is 6.30. The maximum Gasteiger partial charge on any atom is 0.172 e. The van der Waals surface area contributed by atoms with Gasteiger partial charge in [-0.05, 0) is 0 Å². The van der Waals surface area contributed by atoms with E-state index in [4.69, 9.17) is 13.6 Å². The third-order valence-electron chi connectivity index (χ3n) is 0.960. The third-order valence-corrected chi connectivity index (χ3v) is 0.960. The van der Waals surface area contributed by atoms with E-state index >= 15 is 0 Å². The second-order valence-corrected chi connectivity index (χ2v) is 1.68. The average Bonchev–Trinajstić information content (AvgIpc) is 1.88. The zero-order chi connectivity index (χ0) is 7.56. The van der Waals surface area contributed by atoms with Gasteiger partial charge in [0, 0.05) is 11.8 Å². The van der Waals surface area contributed by atoms with Crippen molar-refractivity contribution in [2.45, 2.75) is 0 Å². The fourth-order valence-corrected chi connectivity index (χ4v) is 0.518. The Morgan fingerprint density at radius 3 is 2.90 bits per heavy atom. The molecule has 0 aromatic carbocycles. The van der Waals surface area contributed by atoms with Gasteiger partial charge in [-0.2, -0.15) is 0 Å². The number of aldehydes is 1. The molecule has 1 aromatic heterocycles. The van der Waals surface area contributed by atoms with Crippen molar-refractivity contribution in [1.29, 1.82) is 0 Å². The van der Waals surface area contributed by atoms with E-state index < -0.39 is 0 Å². The maximum absolute atomic E-state index is 10.1. The molecule has 0 fully saturated rings. The van der Waals surface area contributed by atoms with E-state index in [1.807, 2.05) is 0 Å². The van der Waals surface area contributed by atoms with Gasteiger partial charge < -0.3 is 5.73 Å². The molecule has 0 aliphatic rings. The molecule has 0 spiro atoms. The minimum Gasteiger partial charge on any atom is -0.382 e. The topological polar surface area (TPSA) is 68.9 Å². The number of aromatic nitrogens is 2. The Morgan fingerprint density at radius 1 is 1.70 bits per heavy atom. The molecular formula is C5H4BN3O. The van der Waals surface area contributed by atoms with E-state index in [9.17, 15) is 4.79 Å². The van der Waals surface area contributed by atoms with Crippen molar-refractivity contribution < 1.29 is 4.79 Å². The highest BCUT2D eigenvalue weighted by atomic mass is 16.1. The summed E-state index contributed by atoms with van der Waals surface area (Å²) in [7, 11) is 5.21. The second kappa shape index (κ2) is 2.47. The van der Waals surface area contributed by atoms with Gasteiger partial charge in [-0.15, -0.1) is 0 Å². The summed E-state index contributed by atoms with van der Waals surface area (Å²) in [5, 5.41) is 0. The zero-order valence-electron chi connectivity index (χ0n) is 5.11. The first-order chi connectivity index (χ1) is 4.74. The van der Waals surface area contributed by atoms with E-state index in [2.05, 4.69) is 9.97 Å². The van der Waals surface area contributed by atoms with Crippen molar-refractivity contribution in [3.63, 3.8) is 0 Å². The fraction of sp³-hybridized carbons (Fsp3) is 0. The Hall–Kier alpha value is -1.39. The average molecular weight is 133 g/mol. The predicted molar refractivity (Wildman–Crippen MR) is 37.2 cm³/mol. The summed E-state index contributed by atoms with van der Waals surface area (Å²) in [5.74, 6) is 0.0648. The Bertz CT molecular complexity index is 263. The van der Waals surface area contributed by atoms with Crippen molar-refractivity contribution in [2.75, 3.05) is 5.73 Å².